The molecule has 28 heavy (non-hydrogen) atoms. The van der Waals surface area contributed by atoms with Crippen LogP contribution in [0.15, 0.2) is 48.8 Å². The van der Waals surface area contributed by atoms with Gasteiger partial charge >= 0.3 is 0 Å². The molecule has 146 valence electrons. The monoisotopic (exact) mass is 395 g/mol. The molecule has 6 heteroatoms. The lowest BCUT2D eigenvalue weighted by Crippen LogP contribution is -2.47. The van der Waals surface area contributed by atoms with E-state index in [1.165, 1.54) is 6.54 Å². The maximum Gasteiger partial charge on any atom is 0.139 e. The molecule has 3 aromatic rings. The molecule has 0 aliphatic carbocycles. The summed E-state index contributed by atoms with van der Waals surface area (Å²) in [6.45, 7) is 9.98. The Morgan fingerprint density at radius 3 is 2.50 bits per heavy atom. The quantitative estimate of drug-likeness (QED) is 0.687. The standard InChI is InChI=1S/C22H26ClN5/c1-16(2)15-27-8-10-28(11-9-27)21-7-6-18(13-24-21)22-25-14-20(26-22)17-4-3-5-19(23)12-17/h3-7,12-14,16H,8-11,15H2,1-2H3,(H,25,26). The van der Waals surface area contributed by atoms with E-state index >= 15 is 0 Å². The Kier molecular flexibility index (Phi) is 5.64. The van der Waals surface area contributed by atoms with Crippen molar-refractivity contribution in [2.75, 3.05) is 37.6 Å². The number of piperazine rings is 1. The topological polar surface area (TPSA) is 48.0 Å². The maximum absolute atomic E-state index is 6.09. The highest BCUT2D eigenvalue weighted by molar-refractivity contribution is 6.30. The minimum atomic E-state index is 0.716. The molecule has 0 bridgehead atoms. The summed E-state index contributed by atoms with van der Waals surface area (Å²) in [5.74, 6) is 2.57. The summed E-state index contributed by atoms with van der Waals surface area (Å²) in [5.41, 5.74) is 2.95. The first-order valence-corrected chi connectivity index (χ1v) is 10.2. The van der Waals surface area contributed by atoms with Gasteiger partial charge in [-0.15, -0.1) is 0 Å². The molecule has 1 fully saturated rings. The van der Waals surface area contributed by atoms with Crippen molar-refractivity contribution < 1.29 is 0 Å². The Hall–Kier alpha value is -2.37. The summed E-state index contributed by atoms with van der Waals surface area (Å²) in [7, 11) is 0. The fourth-order valence-corrected chi connectivity index (χ4v) is 3.85. The average Bonchev–Trinajstić information content (AvgIpc) is 3.19. The number of pyridine rings is 1. The number of hydrogen-bond donors (Lipinski definition) is 1. The van der Waals surface area contributed by atoms with E-state index in [2.05, 4.69) is 50.7 Å². The number of halogens is 1. The molecule has 1 aliphatic heterocycles. The lowest BCUT2D eigenvalue weighted by Gasteiger charge is -2.36. The fourth-order valence-electron chi connectivity index (χ4n) is 3.66. The number of hydrogen-bond acceptors (Lipinski definition) is 4. The first-order valence-electron chi connectivity index (χ1n) is 9.83. The van der Waals surface area contributed by atoms with Crippen molar-refractivity contribution in [2.24, 2.45) is 5.92 Å². The first-order chi connectivity index (χ1) is 13.6. The van der Waals surface area contributed by atoms with Gasteiger partial charge in [-0.05, 0) is 30.2 Å². The minimum absolute atomic E-state index is 0.716. The van der Waals surface area contributed by atoms with E-state index in [9.17, 15) is 0 Å². The Labute approximate surface area is 171 Å². The molecule has 0 amide bonds. The molecule has 1 aromatic carbocycles. The lowest BCUT2D eigenvalue weighted by molar-refractivity contribution is 0.231. The Bertz CT molecular complexity index is 911. The van der Waals surface area contributed by atoms with Crippen LogP contribution in [0.5, 0.6) is 0 Å². The van der Waals surface area contributed by atoms with Crippen LogP contribution in [0, 0.1) is 5.92 Å². The third-order valence-corrected chi connectivity index (χ3v) is 5.29. The minimum Gasteiger partial charge on any atom is -0.354 e. The zero-order valence-corrected chi connectivity index (χ0v) is 17.2. The number of rotatable bonds is 5. The van der Waals surface area contributed by atoms with Crippen molar-refractivity contribution in [3.8, 4) is 22.6 Å². The molecule has 1 saturated heterocycles. The summed E-state index contributed by atoms with van der Waals surface area (Å²) in [6.07, 6.45) is 3.74. The molecule has 0 radical (unpaired) electrons. The number of aromatic nitrogens is 3. The molecule has 1 aliphatic rings. The van der Waals surface area contributed by atoms with Crippen molar-refractivity contribution in [3.63, 3.8) is 0 Å². The van der Waals surface area contributed by atoms with Gasteiger partial charge in [0, 0.05) is 55.1 Å². The average molecular weight is 396 g/mol. The molecular weight excluding hydrogens is 370 g/mol. The van der Waals surface area contributed by atoms with Crippen molar-refractivity contribution in [2.45, 2.75) is 13.8 Å². The molecule has 3 heterocycles. The van der Waals surface area contributed by atoms with E-state index in [1.54, 1.807) is 0 Å². The van der Waals surface area contributed by atoms with Gasteiger partial charge in [0.05, 0.1) is 11.9 Å². The fraction of sp³-hybridized carbons (Fsp3) is 0.364. The molecule has 0 unspecified atom stereocenters. The van der Waals surface area contributed by atoms with Gasteiger partial charge in [-0.1, -0.05) is 37.6 Å². The van der Waals surface area contributed by atoms with Gasteiger partial charge in [0.2, 0.25) is 0 Å². The second-order valence-corrected chi connectivity index (χ2v) is 8.18. The van der Waals surface area contributed by atoms with Gasteiger partial charge in [0.15, 0.2) is 0 Å². The largest absolute Gasteiger partial charge is 0.354 e. The van der Waals surface area contributed by atoms with Gasteiger partial charge in [-0.3, -0.25) is 4.90 Å². The highest BCUT2D eigenvalue weighted by Crippen LogP contribution is 2.25. The molecule has 1 N–H and O–H groups in total. The van der Waals surface area contributed by atoms with Crippen LogP contribution in [0.2, 0.25) is 5.02 Å². The van der Waals surface area contributed by atoms with Crippen LogP contribution in [0.4, 0.5) is 5.82 Å². The zero-order chi connectivity index (χ0) is 19.5. The first kappa shape index (κ1) is 19.0. The van der Waals surface area contributed by atoms with Crippen LogP contribution < -0.4 is 4.90 Å². The molecule has 2 aromatic heterocycles. The Morgan fingerprint density at radius 2 is 1.82 bits per heavy atom. The number of imidazole rings is 1. The van der Waals surface area contributed by atoms with E-state index in [1.807, 2.05) is 36.7 Å². The van der Waals surface area contributed by atoms with Crippen LogP contribution in [0.1, 0.15) is 13.8 Å². The van der Waals surface area contributed by atoms with Crippen LogP contribution >= 0.6 is 11.6 Å². The normalized spacial score (nSPS) is 15.4. The van der Waals surface area contributed by atoms with E-state index in [4.69, 9.17) is 11.6 Å². The van der Waals surface area contributed by atoms with Crippen LogP contribution in [0.25, 0.3) is 22.6 Å². The SMILES string of the molecule is CC(C)CN1CCN(c2ccc(-c3ncc(-c4cccc(Cl)c4)[nH]3)cn2)CC1. The Morgan fingerprint density at radius 1 is 1.00 bits per heavy atom. The van der Waals surface area contributed by atoms with Crippen LogP contribution in [-0.4, -0.2) is 52.6 Å². The van der Waals surface area contributed by atoms with Gasteiger partial charge in [0.1, 0.15) is 11.6 Å². The molecule has 5 nitrogen and oxygen atoms in total. The summed E-state index contributed by atoms with van der Waals surface area (Å²) in [5, 5.41) is 0.716. The molecule has 0 spiro atoms. The summed E-state index contributed by atoms with van der Waals surface area (Å²) < 4.78 is 0. The third-order valence-electron chi connectivity index (χ3n) is 5.05. The van der Waals surface area contributed by atoms with Gasteiger partial charge < -0.3 is 9.88 Å². The number of nitrogens with one attached hydrogen (secondary N) is 1. The number of aromatic amines is 1. The summed E-state index contributed by atoms with van der Waals surface area (Å²) in [6, 6.07) is 11.9. The lowest BCUT2D eigenvalue weighted by atomic mass is 10.2. The number of nitrogens with zero attached hydrogens (tertiary/aromatic N) is 4. The van der Waals surface area contributed by atoms with E-state index in [0.29, 0.717) is 10.9 Å². The van der Waals surface area contributed by atoms with Crippen molar-refractivity contribution >= 4 is 17.4 Å². The zero-order valence-electron chi connectivity index (χ0n) is 16.4. The second kappa shape index (κ2) is 8.33. The van der Waals surface area contributed by atoms with E-state index < -0.39 is 0 Å². The predicted molar refractivity (Wildman–Crippen MR) is 116 cm³/mol. The smallest absolute Gasteiger partial charge is 0.139 e. The van der Waals surface area contributed by atoms with Crippen LogP contribution in [0.3, 0.4) is 0 Å². The molecular formula is C22H26ClN5. The van der Waals surface area contributed by atoms with Gasteiger partial charge in [-0.2, -0.15) is 0 Å². The van der Waals surface area contributed by atoms with Crippen molar-refractivity contribution in [1.82, 2.24) is 19.9 Å². The molecule has 0 saturated carbocycles. The third kappa shape index (κ3) is 4.37. The second-order valence-electron chi connectivity index (χ2n) is 7.74. The van der Waals surface area contributed by atoms with E-state index in [-0.39, 0.29) is 0 Å². The number of anilines is 1. The molecule has 0 atom stereocenters. The van der Waals surface area contributed by atoms with Gasteiger partial charge in [-0.25, -0.2) is 9.97 Å². The molecule has 4 rings (SSSR count). The van der Waals surface area contributed by atoms with Crippen LogP contribution in [-0.2, 0) is 0 Å². The predicted octanol–water partition coefficient (Wildman–Crippen LogP) is 4.57. The Balaban J connectivity index is 1.43. The number of benzene rings is 1. The highest BCUT2D eigenvalue weighted by atomic mass is 35.5. The van der Waals surface area contributed by atoms with Crippen molar-refractivity contribution in [1.29, 1.82) is 0 Å². The highest BCUT2D eigenvalue weighted by Gasteiger charge is 2.18. The summed E-state index contributed by atoms with van der Waals surface area (Å²) in [4.78, 5) is 17.5. The van der Waals surface area contributed by atoms with Gasteiger partial charge in [0.25, 0.3) is 0 Å². The van der Waals surface area contributed by atoms with Crippen molar-refractivity contribution in [3.05, 3.63) is 53.8 Å². The number of H-pyrrole nitrogens is 1. The maximum atomic E-state index is 6.09. The summed E-state index contributed by atoms with van der Waals surface area (Å²) >= 11 is 6.09. The van der Waals surface area contributed by atoms with E-state index in [0.717, 1.165) is 54.6 Å².